The second-order valence-corrected chi connectivity index (χ2v) is 5.67. The Labute approximate surface area is 147 Å². The highest BCUT2D eigenvalue weighted by Crippen LogP contribution is 2.15. The molecule has 0 saturated carbocycles. The Morgan fingerprint density at radius 3 is 3.12 bits per heavy atom. The summed E-state index contributed by atoms with van der Waals surface area (Å²) in [6.07, 6.45) is 2.67. The molecule has 3 rings (SSSR count). The molecule has 1 aromatic heterocycles. The normalized spacial score (nSPS) is 12.9. The molecule has 0 aliphatic carbocycles. The number of nitrogens with one attached hydrogen (secondary N) is 3. The topological polar surface area (TPSA) is 79.0 Å². The third kappa shape index (κ3) is 4.27. The number of aromatic amines is 1. The molecule has 2 heterocycles. The van der Waals surface area contributed by atoms with Crippen LogP contribution in [0.1, 0.15) is 33.7 Å². The van der Waals surface area contributed by atoms with E-state index in [2.05, 4.69) is 26.9 Å². The minimum atomic E-state index is -0.100. The van der Waals surface area contributed by atoms with Crippen LogP contribution in [0.5, 0.6) is 5.75 Å². The predicted octanol–water partition coefficient (Wildman–Crippen LogP) is 1.85. The smallest absolute Gasteiger partial charge is 0.272 e. The molecule has 24 heavy (non-hydrogen) atoms. The van der Waals surface area contributed by atoms with Crippen LogP contribution in [0.2, 0.25) is 0 Å². The Bertz CT molecular complexity index is 687. The van der Waals surface area contributed by atoms with Crippen molar-refractivity contribution >= 4 is 18.3 Å². The molecule has 3 N–H and O–H groups in total. The second-order valence-electron chi connectivity index (χ2n) is 5.67. The molecule has 1 aliphatic heterocycles. The van der Waals surface area contributed by atoms with Gasteiger partial charge in [-0.1, -0.05) is 12.1 Å². The number of carbonyl (C=O) groups excluding carboxylic acids is 1. The molecule has 130 valence electrons. The molecule has 1 aromatic carbocycles. The number of ether oxygens (including phenoxy) is 1. The van der Waals surface area contributed by atoms with E-state index in [4.69, 9.17) is 4.74 Å². The average molecular weight is 351 g/mol. The van der Waals surface area contributed by atoms with Crippen LogP contribution >= 0.6 is 12.4 Å². The van der Waals surface area contributed by atoms with Crippen molar-refractivity contribution in [3.63, 3.8) is 0 Å². The Morgan fingerprint density at radius 1 is 1.42 bits per heavy atom. The zero-order chi connectivity index (χ0) is 16.1. The first kappa shape index (κ1) is 18.3. The molecule has 0 fully saturated rings. The number of amides is 1. The summed E-state index contributed by atoms with van der Waals surface area (Å²) in [6.45, 7) is 2.26. The van der Waals surface area contributed by atoms with Crippen molar-refractivity contribution < 1.29 is 9.53 Å². The summed E-state index contributed by atoms with van der Waals surface area (Å²) in [4.78, 5) is 12.2. The van der Waals surface area contributed by atoms with Crippen molar-refractivity contribution in [2.45, 2.75) is 25.8 Å². The van der Waals surface area contributed by atoms with Gasteiger partial charge >= 0.3 is 0 Å². The van der Waals surface area contributed by atoms with Gasteiger partial charge in [0.1, 0.15) is 5.75 Å². The third-order valence-corrected chi connectivity index (χ3v) is 4.08. The highest BCUT2D eigenvalue weighted by atomic mass is 35.5. The van der Waals surface area contributed by atoms with Crippen LogP contribution in [0.4, 0.5) is 0 Å². The number of hydrogen-bond acceptors (Lipinski definition) is 4. The molecule has 0 saturated heterocycles. The molecule has 0 spiro atoms. The van der Waals surface area contributed by atoms with Gasteiger partial charge in [0.15, 0.2) is 5.69 Å². The first-order valence-corrected chi connectivity index (χ1v) is 7.96. The van der Waals surface area contributed by atoms with Crippen molar-refractivity contribution in [1.29, 1.82) is 0 Å². The van der Waals surface area contributed by atoms with Gasteiger partial charge < -0.3 is 15.4 Å². The van der Waals surface area contributed by atoms with Crippen molar-refractivity contribution in [2.24, 2.45) is 0 Å². The Kier molecular flexibility index (Phi) is 6.63. The van der Waals surface area contributed by atoms with E-state index in [-0.39, 0.29) is 18.3 Å². The van der Waals surface area contributed by atoms with Gasteiger partial charge in [0.2, 0.25) is 0 Å². The molecule has 2 aromatic rings. The predicted molar refractivity (Wildman–Crippen MR) is 94.9 cm³/mol. The summed E-state index contributed by atoms with van der Waals surface area (Å²) in [5, 5.41) is 13.4. The van der Waals surface area contributed by atoms with E-state index in [0.717, 1.165) is 42.8 Å². The molecule has 1 aliphatic rings. The van der Waals surface area contributed by atoms with E-state index < -0.39 is 0 Å². The zero-order valence-corrected chi connectivity index (χ0v) is 14.5. The molecule has 6 nitrogen and oxygen atoms in total. The molecule has 0 bridgehead atoms. The van der Waals surface area contributed by atoms with Crippen molar-refractivity contribution in [3.05, 3.63) is 46.8 Å². The van der Waals surface area contributed by atoms with Crippen molar-refractivity contribution in [2.75, 3.05) is 20.2 Å². The highest BCUT2D eigenvalue weighted by Gasteiger charge is 2.20. The van der Waals surface area contributed by atoms with Gasteiger partial charge in [-0.15, -0.1) is 12.4 Å². The minimum absolute atomic E-state index is 0. The van der Waals surface area contributed by atoms with Crippen LogP contribution < -0.4 is 15.4 Å². The maximum absolute atomic E-state index is 12.2. The number of benzene rings is 1. The first-order valence-electron chi connectivity index (χ1n) is 7.96. The second kappa shape index (κ2) is 8.70. The fourth-order valence-electron chi connectivity index (χ4n) is 2.82. The quantitative estimate of drug-likeness (QED) is 0.695. The van der Waals surface area contributed by atoms with Gasteiger partial charge in [0.25, 0.3) is 5.91 Å². The number of nitrogens with zero attached hydrogens (tertiary/aromatic N) is 1. The Hall–Kier alpha value is -2.05. The van der Waals surface area contributed by atoms with Crippen LogP contribution in [-0.4, -0.2) is 36.3 Å². The number of hydrogen-bond donors (Lipinski definition) is 3. The van der Waals surface area contributed by atoms with Gasteiger partial charge in [-0.3, -0.25) is 9.89 Å². The van der Waals surface area contributed by atoms with E-state index in [9.17, 15) is 4.79 Å². The average Bonchev–Trinajstić information content (AvgIpc) is 3.03. The van der Waals surface area contributed by atoms with Gasteiger partial charge in [0, 0.05) is 37.3 Å². The summed E-state index contributed by atoms with van der Waals surface area (Å²) in [7, 11) is 1.67. The van der Waals surface area contributed by atoms with Crippen LogP contribution in [-0.2, 0) is 19.4 Å². The summed E-state index contributed by atoms with van der Waals surface area (Å²) < 4.78 is 5.21. The van der Waals surface area contributed by atoms with Crippen molar-refractivity contribution in [1.82, 2.24) is 20.8 Å². The first-order chi connectivity index (χ1) is 11.3. The van der Waals surface area contributed by atoms with Gasteiger partial charge in [0.05, 0.1) is 7.11 Å². The fraction of sp³-hybridized carbons (Fsp3) is 0.412. The monoisotopic (exact) mass is 350 g/mol. The maximum Gasteiger partial charge on any atom is 0.272 e. The van der Waals surface area contributed by atoms with Crippen molar-refractivity contribution in [3.8, 4) is 5.75 Å². The molecule has 0 atom stereocenters. The highest BCUT2D eigenvalue weighted by molar-refractivity contribution is 5.94. The molecule has 1 amide bonds. The summed E-state index contributed by atoms with van der Waals surface area (Å²) in [6, 6.07) is 8.01. The number of fused-ring (bicyclic) bond motifs is 1. The number of methoxy groups -OCH3 is 1. The fourth-order valence-corrected chi connectivity index (χ4v) is 2.82. The molecule has 7 heteroatoms. The lowest BCUT2D eigenvalue weighted by atomic mass is 10.1. The number of rotatable bonds is 6. The van der Waals surface area contributed by atoms with Crippen LogP contribution in [0, 0.1) is 0 Å². The summed E-state index contributed by atoms with van der Waals surface area (Å²) in [5.74, 6) is 0.763. The molecular weight excluding hydrogens is 328 g/mol. The number of carbonyl (C=O) groups is 1. The lowest BCUT2D eigenvalue weighted by Gasteiger charge is -2.12. The standard InChI is InChI=1S/C17H22N4O2.ClH/c1-23-13-6-2-4-12(10-13)5-3-8-19-17(22)16-14-11-18-9-7-15(14)20-21-16;/h2,4,6,10,18H,3,5,7-9,11H2,1H3,(H,19,22)(H,20,21);1H. The molecular formula is C17H23ClN4O2. The molecule has 0 radical (unpaired) electrons. The maximum atomic E-state index is 12.2. The number of halogens is 1. The van der Waals surface area contributed by atoms with E-state index in [1.54, 1.807) is 7.11 Å². The van der Waals surface area contributed by atoms with Gasteiger partial charge in [-0.05, 0) is 30.5 Å². The van der Waals surface area contributed by atoms with E-state index in [1.165, 1.54) is 5.56 Å². The minimum Gasteiger partial charge on any atom is -0.497 e. The third-order valence-electron chi connectivity index (χ3n) is 4.08. The van der Waals surface area contributed by atoms with Gasteiger partial charge in [-0.2, -0.15) is 5.10 Å². The lowest BCUT2D eigenvalue weighted by molar-refractivity contribution is 0.0947. The lowest BCUT2D eigenvalue weighted by Crippen LogP contribution is -2.29. The van der Waals surface area contributed by atoms with E-state index in [1.807, 2.05) is 18.2 Å². The zero-order valence-electron chi connectivity index (χ0n) is 13.7. The largest absolute Gasteiger partial charge is 0.497 e. The SMILES string of the molecule is COc1cccc(CCCNC(=O)c2n[nH]c3c2CNCC3)c1.Cl. The van der Waals surface area contributed by atoms with Crippen LogP contribution in [0.15, 0.2) is 24.3 Å². The summed E-state index contributed by atoms with van der Waals surface area (Å²) in [5.41, 5.74) is 3.81. The number of aryl methyl sites for hydroxylation is 1. The van der Waals surface area contributed by atoms with Crippen LogP contribution in [0.3, 0.4) is 0 Å². The number of aromatic nitrogens is 2. The molecule has 0 unspecified atom stereocenters. The Balaban J connectivity index is 0.00000208. The van der Waals surface area contributed by atoms with Crippen LogP contribution in [0.25, 0.3) is 0 Å². The van der Waals surface area contributed by atoms with E-state index >= 15 is 0 Å². The number of H-pyrrole nitrogens is 1. The summed E-state index contributed by atoms with van der Waals surface area (Å²) >= 11 is 0. The Morgan fingerprint density at radius 2 is 2.29 bits per heavy atom. The van der Waals surface area contributed by atoms with Gasteiger partial charge in [-0.25, -0.2) is 0 Å². The van der Waals surface area contributed by atoms with E-state index in [0.29, 0.717) is 18.8 Å².